The van der Waals surface area contributed by atoms with Gasteiger partial charge in [0, 0.05) is 69.2 Å². The van der Waals surface area contributed by atoms with Crippen LogP contribution in [0.25, 0.3) is 11.1 Å². The number of aryl methyl sites for hydroxylation is 1. The van der Waals surface area contributed by atoms with Crippen molar-refractivity contribution in [2.75, 3.05) is 46.9 Å². The molecule has 2 saturated heterocycles. The van der Waals surface area contributed by atoms with Crippen molar-refractivity contribution in [1.29, 1.82) is 5.26 Å². The van der Waals surface area contributed by atoms with Crippen LogP contribution in [0.2, 0.25) is 0 Å². The topological polar surface area (TPSA) is 108 Å². The number of carbonyl (C=O) groups is 2. The van der Waals surface area contributed by atoms with Gasteiger partial charge in [-0.3, -0.25) is 19.3 Å². The summed E-state index contributed by atoms with van der Waals surface area (Å²) in [5.41, 5.74) is 5.91. The van der Waals surface area contributed by atoms with Crippen molar-refractivity contribution in [3.8, 4) is 28.7 Å². The Labute approximate surface area is 295 Å². The van der Waals surface area contributed by atoms with E-state index in [1.54, 1.807) is 36.8 Å². The van der Waals surface area contributed by atoms with Crippen molar-refractivity contribution >= 4 is 11.8 Å². The first-order chi connectivity index (χ1) is 23.8. The third kappa shape index (κ3) is 7.63. The third-order valence-corrected chi connectivity index (χ3v) is 9.87. The van der Waals surface area contributed by atoms with Gasteiger partial charge in [-0.2, -0.15) is 5.26 Å². The SMILES string of the molecule is COc1cc(-c2cn(C)c(=O)c(C)c2C)cc(OC)c1CN1CCN(C(=O)c2ccc(C3CCCN3C(=O)C(C#N)=CC(C)(C)C)cc2)CC1. The lowest BCUT2D eigenvalue weighted by atomic mass is 9.93. The number of amides is 2. The number of rotatable bonds is 8. The van der Waals surface area contributed by atoms with E-state index in [9.17, 15) is 19.6 Å². The summed E-state index contributed by atoms with van der Waals surface area (Å²) in [7, 11) is 5.06. The molecular weight excluding hydrogens is 630 g/mol. The molecule has 10 nitrogen and oxygen atoms in total. The van der Waals surface area contributed by atoms with E-state index in [2.05, 4.69) is 11.0 Å². The van der Waals surface area contributed by atoms with E-state index in [1.165, 1.54) is 0 Å². The molecule has 0 radical (unpaired) electrons. The second kappa shape index (κ2) is 14.9. The molecule has 10 heteroatoms. The van der Waals surface area contributed by atoms with Crippen molar-refractivity contribution in [3.05, 3.63) is 92.4 Å². The number of pyridine rings is 1. The zero-order chi connectivity index (χ0) is 36.3. The maximum atomic E-state index is 13.5. The minimum atomic E-state index is -0.278. The first kappa shape index (κ1) is 36.4. The zero-order valence-electron chi connectivity index (χ0n) is 30.6. The minimum absolute atomic E-state index is 0.0131. The number of nitriles is 1. The number of ether oxygens (including phenoxy) is 2. The van der Waals surface area contributed by atoms with Crippen LogP contribution in [-0.2, 0) is 18.4 Å². The largest absolute Gasteiger partial charge is 0.496 e. The van der Waals surface area contributed by atoms with E-state index in [4.69, 9.17) is 9.47 Å². The molecule has 2 aliphatic heterocycles. The lowest BCUT2D eigenvalue weighted by Crippen LogP contribution is -2.48. The standard InChI is InChI=1S/C40H49N5O5/c1-26-27(2)37(46)42(6)24-32(26)30-20-35(49-7)33(36(21-30)50-8)25-43-16-18-44(19-17-43)38(47)29-13-11-28(12-14-29)34-10-9-15-45(34)39(48)31(23-41)22-40(3,4)5/h11-14,20-22,24,34H,9-10,15-19,25H2,1-8H3. The summed E-state index contributed by atoms with van der Waals surface area (Å²) in [6, 6.07) is 13.6. The van der Waals surface area contributed by atoms with Gasteiger partial charge in [-0.15, -0.1) is 0 Å². The summed E-state index contributed by atoms with van der Waals surface area (Å²) in [4.78, 5) is 45.3. The van der Waals surface area contributed by atoms with Gasteiger partial charge in [0.2, 0.25) is 0 Å². The molecule has 1 atom stereocenters. The summed E-state index contributed by atoms with van der Waals surface area (Å²) < 4.78 is 13.3. The van der Waals surface area contributed by atoms with Crippen molar-refractivity contribution in [2.24, 2.45) is 12.5 Å². The number of hydrogen-bond donors (Lipinski definition) is 0. The van der Waals surface area contributed by atoms with Gasteiger partial charge in [-0.05, 0) is 73.1 Å². The monoisotopic (exact) mass is 679 g/mol. The minimum Gasteiger partial charge on any atom is -0.496 e. The molecule has 264 valence electrons. The summed E-state index contributed by atoms with van der Waals surface area (Å²) in [5, 5.41) is 9.68. The summed E-state index contributed by atoms with van der Waals surface area (Å²) in [5.74, 6) is 1.17. The predicted molar refractivity (Wildman–Crippen MR) is 194 cm³/mol. The Morgan fingerprint density at radius 1 is 0.960 bits per heavy atom. The molecule has 1 unspecified atom stereocenters. The van der Waals surface area contributed by atoms with Crippen molar-refractivity contribution < 1.29 is 19.1 Å². The van der Waals surface area contributed by atoms with E-state index in [0.717, 1.165) is 40.7 Å². The van der Waals surface area contributed by atoms with Crippen LogP contribution in [0.1, 0.15) is 72.3 Å². The molecule has 0 aliphatic carbocycles. The number of allylic oxidation sites excluding steroid dienone is 1. The van der Waals surface area contributed by atoms with Gasteiger partial charge in [-0.1, -0.05) is 39.0 Å². The maximum Gasteiger partial charge on any atom is 0.264 e. The number of hydrogen-bond acceptors (Lipinski definition) is 7. The van der Waals surface area contributed by atoms with Gasteiger partial charge in [0.05, 0.1) is 25.8 Å². The number of carbonyl (C=O) groups excluding carboxylic acids is 2. The van der Waals surface area contributed by atoms with Crippen LogP contribution in [0.3, 0.4) is 0 Å². The normalized spacial score (nSPS) is 17.1. The summed E-state index contributed by atoms with van der Waals surface area (Å²) >= 11 is 0. The highest BCUT2D eigenvalue weighted by Crippen LogP contribution is 2.38. The van der Waals surface area contributed by atoms with Crippen LogP contribution >= 0.6 is 0 Å². The highest BCUT2D eigenvalue weighted by atomic mass is 16.5. The van der Waals surface area contributed by atoms with E-state index >= 15 is 0 Å². The Morgan fingerprint density at radius 3 is 2.14 bits per heavy atom. The Balaban J connectivity index is 1.24. The second-order valence-corrected chi connectivity index (χ2v) is 14.5. The molecule has 5 rings (SSSR count). The highest BCUT2D eigenvalue weighted by molar-refractivity contribution is 5.98. The maximum absolute atomic E-state index is 13.5. The van der Waals surface area contributed by atoms with Gasteiger partial charge in [0.25, 0.3) is 17.4 Å². The Morgan fingerprint density at radius 2 is 1.58 bits per heavy atom. The molecular formula is C40H49N5O5. The Hall–Kier alpha value is -4.88. The van der Waals surface area contributed by atoms with Crippen LogP contribution in [0.5, 0.6) is 11.5 Å². The average molecular weight is 680 g/mol. The lowest BCUT2D eigenvalue weighted by Gasteiger charge is -2.35. The number of aromatic nitrogens is 1. The number of benzene rings is 2. The van der Waals surface area contributed by atoms with Crippen molar-refractivity contribution in [2.45, 2.75) is 60.0 Å². The second-order valence-electron chi connectivity index (χ2n) is 14.5. The fraction of sp³-hybridized carbons (Fsp3) is 0.450. The zero-order valence-corrected chi connectivity index (χ0v) is 30.6. The molecule has 1 aromatic heterocycles. The molecule has 2 aromatic carbocycles. The fourth-order valence-electron chi connectivity index (χ4n) is 7.01. The predicted octanol–water partition coefficient (Wildman–Crippen LogP) is 5.80. The smallest absolute Gasteiger partial charge is 0.264 e. The number of methoxy groups -OCH3 is 2. The molecule has 2 aliphatic rings. The van der Waals surface area contributed by atoms with Crippen LogP contribution in [0.4, 0.5) is 0 Å². The van der Waals surface area contributed by atoms with Gasteiger partial charge in [-0.25, -0.2) is 0 Å². The summed E-state index contributed by atoms with van der Waals surface area (Å²) in [6.45, 7) is 13.5. The Bertz CT molecular complexity index is 1860. The number of piperazine rings is 1. The van der Waals surface area contributed by atoms with Gasteiger partial charge in [0.15, 0.2) is 0 Å². The van der Waals surface area contributed by atoms with Crippen LogP contribution in [0, 0.1) is 30.6 Å². The van der Waals surface area contributed by atoms with E-state index in [0.29, 0.717) is 61.9 Å². The highest BCUT2D eigenvalue weighted by Gasteiger charge is 2.33. The first-order valence-electron chi connectivity index (χ1n) is 17.2. The molecule has 0 bridgehead atoms. The number of likely N-dealkylation sites (tertiary alicyclic amines) is 1. The molecule has 0 saturated carbocycles. The van der Waals surface area contributed by atoms with E-state index in [1.807, 2.05) is 82.1 Å². The van der Waals surface area contributed by atoms with Crippen molar-refractivity contribution in [1.82, 2.24) is 19.3 Å². The van der Waals surface area contributed by atoms with Crippen LogP contribution in [-0.4, -0.2) is 78.0 Å². The summed E-state index contributed by atoms with van der Waals surface area (Å²) in [6.07, 6.45) is 5.28. The molecule has 2 amide bonds. The average Bonchev–Trinajstić information content (AvgIpc) is 3.61. The van der Waals surface area contributed by atoms with Crippen LogP contribution < -0.4 is 15.0 Å². The quantitative estimate of drug-likeness (QED) is 0.219. The third-order valence-electron chi connectivity index (χ3n) is 9.87. The van der Waals surface area contributed by atoms with Crippen LogP contribution in [0.15, 0.2) is 59.0 Å². The first-order valence-corrected chi connectivity index (χ1v) is 17.2. The van der Waals surface area contributed by atoms with Gasteiger partial charge >= 0.3 is 0 Å². The van der Waals surface area contributed by atoms with E-state index < -0.39 is 0 Å². The molecule has 50 heavy (non-hydrogen) atoms. The lowest BCUT2D eigenvalue weighted by molar-refractivity contribution is -0.127. The molecule has 2 fully saturated rings. The van der Waals surface area contributed by atoms with Crippen molar-refractivity contribution in [3.63, 3.8) is 0 Å². The van der Waals surface area contributed by atoms with Gasteiger partial charge in [0.1, 0.15) is 23.1 Å². The molecule has 0 N–H and O–H groups in total. The van der Waals surface area contributed by atoms with Gasteiger partial charge < -0.3 is 23.8 Å². The molecule has 3 aromatic rings. The van der Waals surface area contributed by atoms with E-state index in [-0.39, 0.29) is 34.4 Å². The molecule has 3 heterocycles. The molecule has 0 spiro atoms. The Kier molecular flexibility index (Phi) is 10.9. The number of nitrogens with zero attached hydrogens (tertiary/aromatic N) is 5. The fourth-order valence-corrected chi connectivity index (χ4v) is 7.01.